The molecule has 84 valence electrons. The molecule has 0 fully saturated rings. The van der Waals surface area contributed by atoms with E-state index in [1.165, 1.54) is 5.56 Å². The Bertz CT molecular complexity index is 287. The Labute approximate surface area is 91.1 Å². The Morgan fingerprint density at radius 2 is 1.93 bits per heavy atom. The second-order valence-electron chi connectivity index (χ2n) is 3.77. The zero-order chi connectivity index (χ0) is 11.1. The van der Waals surface area contributed by atoms with Crippen molar-refractivity contribution in [3.8, 4) is 5.75 Å². The predicted octanol–water partition coefficient (Wildman–Crippen LogP) is 2.47. The Morgan fingerprint density at radius 3 is 2.60 bits per heavy atom. The lowest BCUT2D eigenvalue weighted by atomic mass is 10.0. The minimum atomic E-state index is 0.479. The fourth-order valence-electron chi connectivity index (χ4n) is 1.41. The largest absolute Gasteiger partial charge is 0.493 e. The number of nitrogens with two attached hydrogens (primary N) is 1. The van der Waals surface area contributed by atoms with Crippen LogP contribution in [0, 0.1) is 0 Å². The summed E-state index contributed by atoms with van der Waals surface area (Å²) >= 11 is 0. The van der Waals surface area contributed by atoms with Crippen LogP contribution in [0.25, 0.3) is 0 Å². The Morgan fingerprint density at radius 1 is 1.20 bits per heavy atom. The highest BCUT2D eigenvalue weighted by atomic mass is 16.6. The van der Waals surface area contributed by atoms with Gasteiger partial charge in [0, 0.05) is 6.42 Å². The summed E-state index contributed by atoms with van der Waals surface area (Å²) in [7, 11) is 0. The van der Waals surface area contributed by atoms with Gasteiger partial charge in [-0.3, -0.25) is 0 Å². The first kappa shape index (κ1) is 12.0. The van der Waals surface area contributed by atoms with Crippen LogP contribution >= 0.6 is 0 Å². The van der Waals surface area contributed by atoms with Gasteiger partial charge in [-0.05, 0) is 17.5 Å². The first-order chi connectivity index (χ1) is 7.25. The number of benzene rings is 1. The minimum Gasteiger partial charge on any atom is -0.493 e. The molecule has 0 saturated heterocycles. The number of para-hydroxylation sites is 1. The zero-order valence-corrected chi connectivity index (χ0v) is 9.40. The summed E-state index contributed by atoms with van der Waals surface area (Å²) in [4.78, 5) is 4.48. The molecule has 0 atom stereocenters. The van der Waals surface area contributed by atoms with Crippen LogP contribution in [0.1, 0.15) is 31.7 Å². The van der Waals surface area contributed by atoms with Gasteiger partial charge in [0.1, 0.15) is 5.75 Å². The van der Waals surface area contributed by atoms with Gasteiger partial charge in [0.05, 0.1) is 13.2 Å². The summed E-state index contributed by atoms with van der Waals surface area (Å²) in [5.74, 6) is 6.37. The molecule has 1 rings (SSSR count). The third kappa shape index (κ3) is 3.90. The van der Waals surface area contributed by atoms with Gasteiger partial charge in [-0.25, -0.2) is 5.90 Å². The van der Waals surface area contributed by atoms with Gasteiger partial charge in [0.15, 0.2) is 0 Å². The third-order valence-electron chi connectivity index (χ3n) is 2.21. The van der Waals surface area contributed by atoms with Gasteiger partial charge >= 0.3 is 0 Å². The lowest BCUT2D eigenvalue weighted by molar-refractivity contribution is 0.122. The number of rotatable bonds is 6. The second kappa shape index (κ2) is 6.43. The lowest BCUT2D eigenvalue weighted by Crippen LogP contribution is -2.07. The maximum absolute atomic E-state index is 5.66. The average molecular weight is 209 g/mol. The molecule has 0 amide bonds. The van der Waals surface area contributed by atoms with E-state index in [9.17, 15) is 0 Å². The fourth-order valence-corrected chi connectivity index (χ4v) is 1.41. The van der Waals surface area contributed by atoms with Crippen LogP contribution in [-0.4, -0.2) is 13.2 Å². The van der Waals surface area contributed by atoms with E-state index >= 15 is 0 Å². The molecule has 1 aromatic rings. The molecule has 1 aromatic carbocycles. The average Bonchev–Trinajstić information content (AvgIpc) is 2.25. The SMILES string of the molecule is CC(C)c1ccccc1OCCCON. The van der Waals surface area contributed by atoms with Crippen LogP contribution < -0.4 is 10.6 Å². The van der Waals surface area contributed by atoms with Gasteiger partial charge < -0.3 is 9.57 Å². The highest BCUT2D eigenvalue weighted by molar-refractivity contribution is 5.35. The minimum absolute atomic E-state index is 0.479. The molecule has 0 bridgehead atoms. The van der Waals surface area contributed by atoms with E-state index in [0.717, 1.165) is 12.2 Å². The monoisotopic (exact) mass is 209 g/mol. The van der Waals surface area contributed by atoms with Gasteiger partial charge in [-0.2, -0.15) is 0 Å². The molecule has 0 aliphatic heterocycles. The Kier molecular flexibility index (Phi) is 5.15. The number of hydrogen-bond donors (Lipinski definition) is 1. The zero-order valence-electron chi connectivity index (χ0n) is 9.40. The standard InChI is InChI=1S/C12H19NO2/c1-10(2)11-6-3-4-7-12(11)14-8-5-9-15-13/h3-4,6-7,10H,5,8-9,13H2,1-2H3. The summed E-state index contributed by atoms with van der Waals surface area (Å²) in [5, 5.41) is 0. The predicted molar refractivity (Wildman–Crippen MR) is 60.8 cm³/mol. The molecular weight excluding hydrogens is 190 g/mol. The highest BCUT2D eigenvalue weighted by Crippen LogP contribution is 2.25. The molecule has 0 spiro atoms. The van der Waals surface area contributed by atoms with Gasteiger partial charge in [-0.1, -0.05) is 32.0 Å². The normalized spacial score (nSPS) is 10.7. The summed E-state index contributed by atoms with van der Waals surface area (Å²) in [5.41, 5.74) is 1.24. The first-order valence-corrected chi connectivity index (χ1v) is 5.29. The van der Waals surface area contributed by atoms with E-state index in [-0.39, 0.29) is 0 Å². The van der Waals surface area contributed by atoms with E-state index in [1.807, 2.05) is 18.2 Å². The van der Waals surface area contributed by atoms with E-state index in [1.54, 1.807) is 0 Å². The quantitative estimate of drug-likeness (QED) is 0.578. The van der Waals surface area contributed by atoms with E-state index in [4.69, 9.17) is 10.6 Å². The molecule has 3 nitrogen and oxygen atoms in total. The third-order valence-corrected chi connectivity index (χ3v) is 2.21. The molecule has 0 heterocycles. The van der Waals surface area contributed by atoms with Crippen LogP contribution in [0.15, 0.2) is 24.3 Å². The van der Waals surface area contributed by atoms with Crippen molar-refractivity contribution < 1.29 is 9.57 Å². The fraction of sp³-hybridized carbons (Fsp3) is 0.500. The van der Waals surface area contributed by atoms with Crippen LogP contribution in [0.5, 0.6) is 5.75 Å². The molecule has 2 N–H and O–H groups in total. The van der Waals surface area contributed by atoms with Crippen molar-refractivity contribution >= 4 is 0 Å². The molecule has 0 radical (unpaired) electrons. The van der Waals surface area contributed by atoms with Crippen LogP contribution in [0.2, 0.25) is 0 Å². The van der Waals surface area contributed by atoms with Gasteiger partial charge in [-0.15, -0.1) is 0 Å². The molecule has 15 heavy (non-hydrogen) atoms. The van der Waals surface area contributed by atoms with Crippen molar-refractivity contribution in [2.24, 2.45) is 5.90 Å². The topological polar surface area (TPSA) is 44.5 Å². The van der Waals surface area contributed by atoms with Crippen molar-refractivity contribution in [2.75, 3.05) is 13.2 Å². The summed E-state index contributed by atoms with van der Waals surface area (Å²) in [6, 6.07) is 8.11. The number of ether oxygens (including phenoxy) is 1. The van der Waals surface area contributed by atoms with E-state index in [2.05, 4.69) is 24.8 Å². The highest BCUT2D eigenvalue weighted by Gasteiger charge is 2.05. The maximum Gasteiger partial charge on any atom is 0.122 e. The molecule has 3 heteroatoms. The van der Waals surface area contributed by atoms with Gasteiger partial charge in [0.2, 0.25) is 0 Å². The summed E-state index contributed by atoms with van der Waals surface area (Å²) in [6.07, 6.45) is 0.808. The van der Waals surface area contributed by atoms with Crippen molar-refractivity contribution in [1.82, 2.24) is 0 Å². The smallest absolute Gasteiger partial charge is 0.122 e. The van der Waals surface area contributed by atoms with Crippen LogP contribution in [0.4, 0.5) is 0 Å². The molecule has 0 unspecified atom stereocenters. The maximum atomic E-state index is 5.66. The number of hydrogen-bond acceptors (Lipinski definition) is 3. The summed E-state index contributed by atoms with van der Waals surface area (Å²) < 4.78 is 5.66. The summed E-state index contributed by atoms with van der Waals surface area (Å²) in [6.45, 7) is 5.49. The van der Waals surface area contributed by atoms with Gasteiger partial charge in [0.25, 0.3) is 0 Å². The first-order valence-electron chi connectivity index (χ1n) is 5.29. The van der Waals surface area contributed by atoms with Crippen molar-refractivity contribution in [1.29, 1.82) is 0 Å². The Balaban J connectivity index is 2.52. The van der Waals surface area contributed by atoms with Crippen molar-refractivity contribution in [2.45, 2.75) is 26.2 Å². The Hall–Kier alpha value is -1.06. The van der Waals surface area contributed by atoms with Crippen LogP contribution in [-0.2, 0) is 4.84 Å². The lowest BCUT2D eigenvalue weighted by Gasteiger charge is -2.13. The molecule has 0 aliphatic carbocycles. The van der Waals surface area contributed by atoms with Crippen LogP contribution in [0.3, 0.4) is 0 Å². The molecule has 0 saturated carbocycles. The van der Waals surface area contributed by atoms with Crippen molar-refractivity contribution in [3.63, 3.8) is 0 Å². The second-order valence-corrected chi connectivity index (χ2v) is 3.77. The molecule has 0 aromatic heterocycles. The molecule has 0 aliphatic rings. The van der Waals surface area contributed by atoms with Crippen molar-refractivity contribution in [3.05, 3.63) is 29.8 Å². The molecular formula is C12H19NO2. The van der Waals surface area contributed by atoms with E-state index < -0.39 is 0 Å². The van der Waals surface area contributed by atoms with E-state index in [0.29, 0.717) is 19.1 Å².